The number of fused-ring (bicyclic) bond motifs is 1. The van der Waals surface area contributed by atoms with Crippen LogP contribution >= 0.6 is 0 Å². The number of carbonyl (C=O) groups is 3. The lowest BCUT2D eigenvalue weighted by molar-refractivity contribution is -0.162. The number of ether oxygens (including phenoxy) is 1. The Bertz CT molecular complexity index is 1120. The second kappa shape index (κ2) is 11.4. The van der Waals surface area contributed by atoms with Crippen molar-refractivity contribution in [2.24, 2.45) is 16.7 Å². The summed E-state index contributed by atoms with van der Waals surface area (Å²) in [5.41, 5.74) is 0.848. The molecule has 1 aromatic heterocycles. The average molecular weight is 507 g/mol. The van der Waals surface area contributed by atoms with Gasteiger partial charge in [0.15, 0.2) is 0 Å². The fourth-order valence-corrected chi connectivity index (χ4v) is 5.90. The van der Waals surface area contributed by atoms with E-state index in [9.17, 15) is 14.4 Å². The number of unbranched alkanes of at least 4 members (excludes halogenated alkanes) is 1. The first kappa shape index (κ1) is 26.7. The maximum Gasteiger partial charge on any atom is 0.317 e. The van der Waals surface area contributed by atoms with Gasteiger partial charge in [-0.3, -0.25) is 14.4 Å². The lowest BCUT2D eigenvalue weighted by atomic mass is 9.59. The average Bonchev–Trinajstić information content (AvgIpc) is 3.39. The monoisotopic (exact) mass is 506 g/mol. The first-order valence-corrected chi connectivity index (χ1v) is 13.2. The third kappa shape index (κ3) is 6.14. The van der Waals surface area contributed by atoms with E-state index in [1.807, 2.05) is 30.3 Å². The van der Waals surface area contributed by atoms with Crippen molar-refractivity contribution in [2.45, 2.75) is 65.3 Å². The van der Waals surface area contributed by atoms with Gasteiger partial charge < -0.3 is 19.4 Å². The van der Waals surface area contributed by atoms with Crippen LogP contribution < -0.4 is 5.32 Å². The van der Waals surface area contributed by atoms with Gasteiger partial charge in [0.1, 0.15) is 11.2 Å². The second-order valence-corrected chi connectivity index (χ2v) is 11.1. The highest BCUT2D eigenvalue weighted by Crippen LogP contribution is 2.55. The minimum absolute atomic E-state index is 0.0403. The Hall–Kier alpha value is -3.35. The van der Waals surface area contributed by atoms with Gasteiger partial charge in [-0.05, 0) is 61.6 Å². The minimum atomic E-state index is -0.975. The molecule has 0 bridgehead atoms. The van der Waals surface area contributed by atoms with Crippen molar-refractivity contribution in [2.75, 3.05) is 13.7 Å². The van der Waals surface area contributed by atoms with E-state index in [0.29, 0.717) is 24.4 Å². The Balaban J connectivity index is 1.46. The number of piperidine rings is 1. The van der Waals surface area contributed by atoms with Crippen LogP contribution in [0.3, 0.4) is 0 Å². The summed E-state index contributed by atoms with van der Waals surface area (Å²) in [6.45, 7) is 5.02. The molecule has 1 N–H and O–H groups in total. The molecular formula is C30H38N2O5. The third-order valence-electron chi connectivity index (χ3n) is 7.58. The van der Waals surface area contributed by atoms with E-state index in [4.69, 9.17) is 9.15 Å². The highest BCUT2D eigenvalue weighted by molar-refractivity contribution is 5.92. The molecule has 2 aromatic rings. The Morgan fingerprint density at radius 1 is 1.14 bits per heavy atom. The molecule has 7 nitrogen and oxygen atoms in total. The summed E-state index contributed by atoms with van der Waals surface area (Å²) in [5.74, 6) is -0.666. The number of benzene rings is 1. The van der Waals surface area contributed by atoms with Gasteiger partial charge in [0.05, 0.1) is 19.9 Å². The van der Waals surface area contributed by atoms with Crippen molar-refractivity contribution >= 4 is 17.8 Å². The molecule has 7 heteroatoms. The molecule has 0 spiro atoms. The first-order chi connectivity index (χ1) is 17.7. The molecule has 0 radical (unpaired) electrons. The van der Waals surface area contributed by atoms with Gasteiger partial charge in [-0.25, -0.2) is 0 Å². The Labute approximate surface area is 219 Å². The molecule has 1 fully saturated rings. The number of furan rings is 1. The standard InChI is InChI=1S/C30H38N2O5/c1-29(2)15-14-25-30(21-29,28(35)36-3)19-23(27(34)32(25)20-24-13-9-17-37-24)18-26(33)31-16-8-7-12-22-10-5-4-6-11-22/h4-6,9-11,13-14,17,23H,7-8,12,15-16,18-21H2,1-3H3,(H,31,33)/t23-,30-/m1/s1. The number of esters is 1. The molecule has 1 saturated heterocycles. The number of amides is 2. The molecule has 0 unspecified atom stereocenters. The molecular weight excluding hydrogens is 468 g/mol. The normalized spacial score (nSPS) is 22.7. The molecule has 2 atom stereocenters. The zero-order valence-electron chi connectivity index (χ0n) is 22.1. The number of hydrogen-bond donors (Lipinski definition) is 1. The van der Waals surface area contributed by atoms with Crippen LogP contribution in [0.4, 0.5) is 0 Å². The number of hydrogen-bond acceptors (Lipinski definition) is 5. The van der Waals surface area contributed by atoms with Gasteiger partial charge in [-0.2, -0.15) is 0 Å². The van der Waals surface area contributed by atoms with Gasteiger partial charge in [-0.15, -0.1) is 0 Å². The lowest BCUT2D eigenvalue weighted by Crippen LogP contribution is -2.55. The topological polar surface area (TPSA) is 88.8 Å². The molecule has 37 heavy (non-hydrogen) atoms. The number of carbonyl (C=O) groups excluding carboxylic acids is 3. The molecule has 1 aliphatic carbocycles. The van der Waals surface area contributed by atoms with Gasteiger partial charge >= 0.3 is 5.97 Å². The summed E-state index contributed by atoms with van der Waals surface area (Å²) in [5, 5.41) is 2.98. The van der Waals surface area contributed by atoms with Crippen LogP contribution in [-0.4, -0.2) is 36.3 Å². The summed E-state index contributed by atoms with van der Waals surface area (Å²) in [6, 6.07) is 13.9. The fourth-order valence-electron chi connectivity index (χ4n) is 5.90. The minimum Gasteiger partial charge on any atom is -0.468 e. The van der Waals surface area contributed by atoms with Crippen LogP contribution in [0.1, 0.15) is 63.7 Å². The molecule has 0 saturated carbocycles. The smallest absolute Gasteiger partial charge is 0.317 e. The van der Waals surface area contributed by atoms with Crippen LogP contribution in [0.5, 0.6) is 0 Å². The third-order valence-corrected chi connectivity index (χ3v) is 7.58. The maximum atomic E-state index is 13.7. The number of nitrogens with zero attached hydrogens (tertiary/aromatic N) is 1. The number of allylic oxidation sites excluding steroid dienone is 1. The van der Waals surface area contributed by atoms with Gasteiger partial charge in [0, 0.05) is 24.6 Å². The molecule has 1 aliphatic heterocycles. The zero-order chi connectivity index (χ0) is 26.5. The van der Waals surface area contributed by atoms with Crippen molar-refractivity contribution < 1.29 is 23.5 Å². The number of nitrogens with one attached hydrogen (secondary N) is 1. The summed E-state index contributed by atoms with van der Waals surface area (Å²) in [6.07, 6.45) is 7.97. The van der Waals surface area contributed by atoms with Crippen molar-refractivity contribution in [3.63, 3.8) is 0 Å². The maximum absolute atomic E-state index is 13.7. The predicted octanol–water partition coefficient (Wildman–Crippen LogP) is 5.02. The van der Waals surface area contributed by atoms with Crippen LogP contribution in [0.25, 0.3) is 0 Å². The Morgan fingerprint density at radius 2 is 1.92 bits per heavy atom. The van der Waals surface area contributed by atoms with Crippen molar-refractivity contribution in [1.29, 1.82) is 0 Å². The molecule has 2 aliphatic rings. The number of likely N-dealkylation sites (tertiary alicyclic amines) is 1. The molecule has 1 aromatic carbocycles. The Kier molecular flexibility index (Phi) is 8.20. The number of methoxy groups -OCH3 is 1. The lowest BCUT2D eigenvalue weighted by Gasteiger charge is -2.51. The highest BCUT2D eigenvalue weighted by atomic mass is 16.5. The van der Waals surface area contributed by atoms with E-state index in [1.54, 1.807) is 17.2 Å². The van der Waals surface area contributed by atoms with E-state index in [2.05, 4.69) is 31.3 Å². The van der Waals surface area contributed by atoms with Crippen LogP contribution in [-0.2, 0) is 32.1 Å². The molecule has 2 heterocycles. The fraction of sp³-hybridized carbons (Fsp3) is 0.500. The van der Waals surface area contributed by atoms with Gasteiger partial charge in [-0.1, -0.05) is 50.3 Å². The van der Waals surface area contributed by atoms with E-state index in [1.165, 1.54) is 12.7 Å². The zero-order valence-corrected chi connectivity index (χ0v) is 22.1. The SMILES string of the molecule is COC(=O)[C@@]12C[C@@H](CC(=O)NCCCCc3ccccc3)C(=O)N(Cc3ccco3)C1=CCC(C)(C)C2. The van der Waals surface area contributed by atoms with Crippen LogP contribution in [0.2, 0.25) is 0 Å². The quantitative estimate of drug-likeness (QED) is 0.361. The summed E-state index contributed by atoms with van der Waals surface area (Å²) in [7, 11) is 1.39. The largest absolute Gasteiger partial charge is 0.468 e. The summed E-state index contributed by atoms with van der Waals surface area (Å²) >= 11 is 0. The predicted molar refractivity (Wildman–Crippen MR) is 140 cm³/mol. The number of aryl methyl sites for hydroxylation is 1. The first-order valence-electron chi connectivity index (χ1n) is 13.2. The second-order valence-electron chi connectivity index (χ2n) is 11.1. The number of rotatable bonds is 10. The van der Waals surface area contributed by atoms with Crippen molar-refractivity contribution in [3.8, 4) is 0 Å². The summed E-state index contributed by atoms with van der Waals surface area (Å²) < 4.78 is 10.8. The van der Waals surface area contributed by atoms with Crippen LogP contribution in [0, 0.1) is 16.7 Å². The van der Waals surface area contributed by atoms with E-state index < -0.39 is 11.3 Å². The molecule has 2 amide bonds. The van der Waals surface area contributed by atoms with Crippen molar-refractivity contribution in [1.82, 2.24) is 10.2 Å². The Morgan fingerprint density at radius 3 is 2.62 bits per heavy atom. The van der Waals surface area contributed by atoms with E-state index in [-0.39, 0.29) is 42.6 Å². The van der Waals surface area contributed by atoms with E-state index >= 15 is 0 Å². The van der Waals surface area contributed by atoms with E-state index in [0.717, 1.165) is 25.7 Å². The van der Waals surface area contributed by atoms with Gasteiger partial charge in [0.25, 0.3) is 0 Å². The van der Waals surface area contributed by atoms with Crippen LogP contribution in [0.15, 0.2) is 64.9 Å². The summed E-state index contributed by atoms with van der Waals surface area (Å²) in [4.78, 5) is 41.6. The van der Waals surface area contributed by atoms with Gasteiger partial charge in [0.2, 0.25) is 11.8 Å². The molecule has 4 rings (SSSR count). The highest BCUT2D eigenvalue weighted by Gasteiger charge is 2.57. The van der Waals surface area contributed by atoms with Crippen molar-refractivity contribution in [3.05, 3.63) is 71.8 Å². The molecule has 198 valence electrons.